The predicted molar refractivity (Wildman–Crippen MR) is 76.4 cm³/mol. The summed E-state index contributed by atoms with van der Waals surface area (Å²) in [6.45, 7) is 1.93. The molecular formula is C16H12F2N2O. The van der Waals surface area contributed by atoms with Crippen molar-refractivity contribution in [2.24, 2.45) is 0 Å². The molecule has 21 heavy (non-hydrogen) atoms. The fourth-order valence-electron chi connectivity index (χ4n) is 2.26. The first-order valence-corrected chi connectivity index (χ1v) is 6.34. The third kappa shape index (κ3) is 2.27. The first-order valence-electron chi connectivity index (χ1n) is 6.34. The van der Waals surface area contributed by atoms with Gasteiger partial charge in [0.15, 0.2) is 11.6 Å². The Bertz CT molecular complexity index is 812. The Morgan fingerprint density at radius 2 is 1.81 bits per heavy atom. The van der Waals surface area contributed by atoms with Gasteiger partial charge in [0, 0.05) is 5.56 Å². The topological polar surface area (TPSA) is 52.0 Å². The summed E-state index contributed by atoms with van der Waals surface area (Å²) in [6, 6.07) is 11.1. The smallest absolute Gasteiger partial charge is 0.230 e. The van der Waals surface area contributed by atoms with Crippen LogP contribution < -0.4 is 5.73 Å². The number of nitrogen functional groups attached to an aromatic ring is 1. The summed E-state index contributed by atoms with van der Waals surface area (Å²) >= 11 is 0. The van der Waals surface area contributed by atoms with E-state index in [0.29, 0.717) is 16.8 Å². The van der Waals surface area contributed by atoms with E-state index in [0.717, 1.165) is 23.3 Å². The van der Waals surface area contributed by atoms with Gasteiger partial charge in [-0.3, -0.25) is 0 Å². The molecule has 1 aromatic heterocycles. The molecule has 2 aromatic carbocycles. The lowest BCUT2D eigenvalue weighted by molar-refractivity contribution is 0.439. The lowest BCUT2D eigenvalue weighted by Crippen LogP contribution is -1.91. The number of nitrogens with zero attached hydrogens (tertiary/aromatic N) is 1. The van der Waals surface area contributed by atoms with Crippen LogP contribution in [0.15, 0.2) is 47.0 Å². The maximum absolute atomic E-state index is 13.4. The van der Waals surface area contributed by atoms with Gasteiger partial charge < -0.3 is 10.3 Å². The van der Waals surface area contributed by atoms with Crippen molar-refractivity contribution >= 4 is 5.88 Å². The molecule has 0 aliphatic carbocycles. The number of benzene rings is 2. The molecule has 0 unspecified atom stereocenters. The SMILES string of the molecule is Cc1ccccc1-c1c(-c2ccc(F)c(F)c2)noc1N. The van der Waals surface area contributed by atoms with Crippen molar-refractivity contribution in [3.8, 4) is 22.4 Å². The quantitative estimate of drug-likeness (QED) is 0.769. The van der Waals surface area contributed by atoms with Crippen LogP contribution in [0.2, 0.25) is 0 Å². The maximum atomic E-state index is 13.4. The van der Waals surface area contributed by atoms with Gasteiger partial charge >= 0.3 is 0 Å². The van der Waals surface area contributed by atoms with Gasteiger partial charge in [0.1, 0.15) is 5.69 Å². The van der Waals surface area contributed by atoms with E-state index in [-0.39, 0.29) is 5.88 Å². The molecule has 3 rings (SSSR count). The Labute approximate surface area is 120 Å². The summed E-state index contributed by atoms with van der Waals surface area (Å²) in [6.07, 6.45) is 0. The van der Waals surface area contributed by atoms with Crippen LogP contribution in [0.4, 0.5) is 14.7 Å². The molecule has 1 heterocycles. The molecule has 0 amide bonds. The number of nitrogens with two attached hydrogens (primary N) is 1. The van der Waals surface area contributed by atoms with E-state index in [1.54, 1.807) is 0 Å². The average molecular weight is 286 g/mol. The lowest BCUT2D eigenvalue weighted by Gasteiger charge is -2.06. The molecule has 0 saturated carbocycles. The second-order valence-corrected chi connectivity index (χ2v) is 4.71. The van der Waals surface area contributed by atoms with E-state index in [9.17, 15) is 8.78 Å². The summed E-state index contributed by atoms with van der Waals surface area (Å²) in [5.41, 5.74) is 9.06. The third-order valence-corrected chi connectivity index (χ3v) is 3.33. The summed E-state index contributed by atoms with van der Waals surface area (Å²) in [7, 11) is 0. The standard InChI is InChI=1S/C16H12F2N2O/c1-9-4-2-3-5-11(9)14-15(20-21-16(14)19)10-6-7-12(17)13(18)8-10/h2-8H,19H2,1H3. The molecule has 0 bridgehead atoms. The lowest BCUT2D eigenvalue weighted by atomic mass is 9.97. The Kier molecular flexibility index (Phi) is 3.17. The number of hydrogen-bond donors (Lipinski definition) is 1. The Morgan fingerprint density at radius 1 is 1.05 bits per heavy atom. The minimum Gasteiger partial charge on any atom is -0.367 e. The van der Waals surface area contributed by atoms with Crippen LogP contribution in [-0.2, 0) is 0 Å². The molecule has 0 fully saturated rings. The Morgan fingerprint density at radius 3 is 2.52 bits per heavy atom. The first-order chi connectivity index (χ1) is 10.1. The zero-order chi connectivity index (χ0) is 15.0. The number of aromatic nitrogens is 1. The van der Waals surface area contributed by atoms with Crippen molar-refractivity contribution in [1.82, 2.24) is 5.16 Å². The minimum atomic E-state index is -0.940. The summed E-state index contributed by atoms with van der Waals surface area (Å²) in [4.78, 5) is 0. The van der Waals surface area contributed by atoms with Crippen molar-refractivity contribution in [2.45, 2.75) is 6.92 Å². The predicted octanol–water partition coefficient (Wildman–Crippen LogP) is 4.18. The van der Waals surface area contributed by atoms with Gasteiger partial charge in [-0.15, -0.1) is 0 Å². The highest BCUT2D eigenvalue weighted by molar-refractivity contribution is 5.88. The fraction of sp³-hybridized carbons (Fsp3) is 0.0625. The number of halogens is 2. The number of rotatable bonds is 2. The van der Waals surface area contributed by atoms with Crippen molar-refractivity contribution < 1.29 is 13.3 Å². The minimum absolute atomic E-state index is 0.143. The van der Waals surface area contributed by atoms with E-state index < -0.39 is 11.6 Å². The highest BCUT2D eigenvalue weighted by atomic mass is 19.2. The molecule has 3 aromatic rings. The maximum Gasteiger partial charge on any atom is 0.230 e. The molecule has 0 aliphatic heterocycles. The average Bonchev–Trinajstić information content (AvgIpc) is 2.84. The van der Waals surface area contributed by atoms with Crippen molar-refractivity contribution in [1.29, 1.82) is 0 Å². The monoisotopic (exact) mass is 286 g/mol. The van der Waals surface area contributed by atoms with Crippen LogP contribution in [0.3, 0.4) is 0 Å². The molecule has 0 radical (unpaired) electrons. The first kappa shape index (κ1) is 13.3. The van der Waals surface area contributed by atoms with Crippen molar-refractivity contribution in [3.05, 3.63) is 59.7 Å². The molecule has 0 aliphatic rings. The zero-order valence-corrected chi connectivity index (χ0v) is 11.2. The summed E-state index contributed by atoms with van der Waals surface area (Å²) in [5, 5.41) is 3.89. The Hall–Kier alpha value is -2.69. The van der Waals surface area contributed by atoms with Crippen molar-refractivity contribution in [2.75, 3.05) is 5.73 Å². The highest BCUT2D eigenvalue weighted by Crippen LogP contribution is 2.37. The number of hydrogen-bond acceptors (Lipinski definition) is 3. The largest absolute Gasteiger partial charge is 0.367 e. The highest BCUT2D eigenvalue weighted by Gasteiger charge is 2.19. The van der Waals surface area contributed by atoms with Crippen LogP contribution in [0.25, 0.3) is 22.4 Å². The van der Waals surface area contributed by atoms with Gasteiger partial charge in [-0.05, 0) is 36.2 Å². The van der Waals surface area contributed by atoms with Gasteiger partial charge in [0.2, 0.25) is 5.88 Å². The second-order valence-electron chi connectivity index (χ2n) is 4.71. The molecule has 0 saturated heterocycles. The molecule has 2 N–H and O–H groups in total. The molecule has 3 nitrogen and oxygen atoms in total. The van der Waals surface area contributed by atoms with E-state index in [4.69, 9.17) is 10.3 Å². The van der Waals surface area contributed by atoms with Gasteiger partial charge in [-0.2, -0.15) is 0 Å². The molecule has 5 heteroatoms. The van der Waals surface area contributed by atoms with Gasteiger partial charge in [0.25, 0.3) is 0 Å². The zero-order valence-electron chi connectivity index (χ0n) is 11.2. The Balaban J connectivity index is 2.22. The summed E-state index contributed by atoms with van der Waals surface area (Å²) < 4.78 is 31.5. The van der Waals surface area contributed by atoms with Crippen LogP contribution >= 0.6 is 0 Å². The normalized spacial score (nSPS) is 10.8. The fourth-order valence-corrected chi connectivity index (χ4v) is 2.26. The summed E-state index contributed by atoms with van der Waals surface area (Å²) in [5.74, 6) is -1.71. The van der Waals surface area contributed by atoms with E-state index in [1.165, 1.54) is 6.07 Å². The molecule has 0 spiro atoms. The van der Waals surface area contributed by atoms with Gasteiger partial charge in [-0.1, -0.05) is 29.4 Å². The van der Waals surface area contributed by atoms with E-state index >= 15 is 0 Å². The molecule has 106 valence electrons. The van der Waals surface area contributed by atoms with Crippen LogP contribution in [0.5, 0.6) is 0 Å². The van der Waals surface area contributed by atoms with Crippen LogP contribution in [0.1, 0.15) is 5.56 Å². The van der Waals surface area contributed by atoms with E-state index in [2.05, 4.69) is 5.16 Å². The molecule has 0 atom stereocenters. The van der Waals surface area contributed by atoms with Crippen LogP contribution in [-0.4, -0.2) is 5.16 Å². The van der Waals surface area contributed by atoms with Gasteiger partial charge in [-0.25, -0.2) is 8.78 Å². The van der Waals surface area contributed by atoms with Crippen LogP contribution in [0, 0.1) is 18.6 Å². The molecular weight excluding hydrogens is 274 g/mol. The third-order valence-electron chi connectivity index (χ3n) is 3.33. The van der Waals surface area contributed by atoms with E-state index in [1.807, 2.05) is 31.2 Å². The number of aryl methyl sites for hydroxylation is 1. The number of anilines is 1. The van der Waals surface area contributed by atoms with Crippen molar-refractivity contribution in [3.63, 3.8) is 0 Å². The van der Waals surface area contributed by atoms with Gasteiger partial charge in [0.05, 0.1) is 5.56 Å². The second kappa shape index (κ2) is 5.01.